The lowest BCUT2D eigenvalue weighted by atomic mass is 10.4. The van der Waals surface area contributed by atoms with E-state index in [1.165, 1.54) is 0 Å². The quantitative estimate of drug-likeness (QED) is 0.722. The van der Waals surface area contributed by atoms with Gasteiger partial charge < -0.3 is 15.4 Å². The summed E-state index contributed by atoms with van der Waals surface area (Å²) in [5, 5.41) is 5.96. The summed E-state index contributed by atoms with van der Waals surface area (Å²) in [7, 11) is 0. The predicted octanol–water partition coefficient (Wildman–Crippen LogP) is 1.12. The minimum Gasteiger partial charge on any atom is -0.478 e. The number of nitrogens with zero attached hydrogens (tertiary/aromatic N) is 2. The molecule has 2 rings (SSSR count). The topological polar surface area (TPSA) is 76.1 Å². The Kier molecular flexibility index (Phi) is 4.54. The van der Waals surface area contributed by atoms with Crippen molar-refractivity contribution in [3.8, 4) is 5.88 Å². The minimum absolute atomic E-state index is 0.155. The first kappa shape index (κ1) is 13.6. The minimum atomic E-state index is 0.155. The molecule has 1 saturated carbocycles. The highest BCUT2D eigenvalue weighted by Crippen LogP contribution is 2.28. The van der Waals surface area contributed by atoms with E-state index in [0.29, 0.717) is 31.5 Å². The molecule has 1 heterocycles. The molecule has 0 aromatic carbocycles. The van der Waals surface area contributed by atoms with Crippen molar-refractivity contribution >= 4 is 11.9 Å². The third-order valence-electron chi connectivity index (χ3n) is 2.78. The molecule has 6 heteroatoms. The Bertz CT molecular complexity index is 446. The number of anilines is 1. The Balaban J connectivity index is 1.76. The van der Waals surface area contributed by atoms with Gasteiger partial charge in [-0.3, -0.25) is 4.79 Å². The van der Waals surface area contributed by atoms with E-state index in [-0.39, 0.29) is 11.8 Å². The number of ether oxygens (including phenoxy) is 1. The van der Waals surface area contributed by atoms with Gasteiger partial charge in [0.2, 0.25) is 17.7 Å². The van der Waals surface area contributed by atoms with E-state index < -0.39 is 0 Å². The van der Waals surface area contributed by atoms with Gasteiger partial charge in [-0.1, -0.05) is 0 Å². The van der Waals surface area contributed by atoms with E-state index in [1.807, 2.05) is 13.8 Å². The molecule has 0 atom stereocenters. The molecule has 104 valence electrons. The molecule has 0 bridgehead atoms. The maximum atomic E-state index is 11.4. The van der Waals surface area contributed by atoms with Crippen LogP contribution in [0.2, 0.25) is 0 Å². The first-order valence-electron chi connectivity index (χ1n) is 6.69. The van der Waals surface area contributed by atoms with Gasteiger partial charge in [0.25, 0.3) is 0 Å². The van der Waals surface area contributed by atoms with Crippen molar-refractivity contribution in [1.82, 2.24) is 15.3 Å². The van der Waals surface area contributed by atoms with Gasteiger partial charge in [0.05, 0.1) is 6.61 Å². The van der Waals surface area contributed by atoms with E-state index in [4.69, 9.17) is 4.74 Å². The van der Waals surface area contributed by atoms with Gasteiger partial charge in [-0.15, -0.1) is 0 Å². The van der Waals surface area contributed by atoms with Crippen LogP contribution in [0.4, 0.5) is 5.95 Å². The molecule has 0 saturated heterocycles. The van der Waals surface area contributed by atoms with Crippen molar-refractivity contribution in [2.24, 2.45) is 5.92 Å². The highest BCUT2D eigenvalue weighted by molar-refractivity contribution is 5.80. The number of carbonyl (C=O) groups excluding carboxylic acids is 1. The molecule has 19 heavy (non-hydrogen) atoms. The maximum absolute atomic E-state index is 11.4. The second-order valence-corrected chi connectivity index (χ2v) is 4.60. The number of nitrogens with one attached hydrogen (secondary N) is 2. The molecule has 1 amide bonds. The van der Waals surface area contributed by atoms with Gasteiger partial charge in [-0.2, -0.15) is 4.98 Å². The van der Waals surface area contributed by atoms with Crippen LogP contribution in [-0.4, -0.2) is 35.6 Å². The third kappa shape index (κ3) is 4.39. The van der Waals surface area contributed by atoms with Gasteiger partial charge in [-0.25, -0.2) is 4.98 Å². The van der Waals surface area contributed by atoms with Crippen LogP contribution >= 0.6 is 0 Å². The number of hydrogen-bond donors (Lipinski definition) is 2. The molecule has 1 aliphatic carbocycles. The van der Waals surface area contributed by atoms with E-state index in [0.717, 1.165) is 18.5 Å². The van der Waals surface area contributed by atoms with Crippen molar-refractivity contribution in [2.45, 2.75) is 26.7 Å². The third-order valence-corrected chi connectivity index (χ3v) is 2.78. The summed E-state index contributed by atoms with van der Waals surface area (Å²) in [6.07, 6.45) is 2.05. The number of aromatic nitrogens is 2. The first-order valence-corrected chi connectivity index (χ1v) is 6.69. The molecule has 1 aromatic heterocycles. The summed E-state index contributed by atoms with van der Waals surface area (Å²) in [5.74, 6) is 1.50. The smallest absolute Gasteiger partial charge is 0.226 e. The van der Waals surface area contributed by atoms with Crippen LogP contribution in [0.5, 0.6) is 5.88 Å². The lowest BCUT2D eigenvalue weighted by molar-refractivity contribution is -0.122. The molecule has 0 radical (unpaired) electrons. The number of hydrogen-bond acceptors (Lipinski definition) is 5. The average Bonchev–Trinajstić information content (AvgIpc) is 3.18. The number of rotatable bonds is 7. The second kappa shape index (κ2) is 6.36. The Labute approximate surface area is 113 Å². The molecular weight excluding hydrogens is 244 g/mol. The van der Waals surface area contributed by atoms with Gasteiger partial charge in [0, 0.05) is 30.8 Å². The monoisotopic (exact) mass is 264 g/mol. The fraction of sp³-hybridized carbons (Fsp3) is 0.615. The summed E-state index contributed by atoms with van der Waals surface area (Å²) < 4.78 is 5.35. The Morgan fingerprint density at radius 2 is 2.21 bits per heavy atom. The molecule has 1 aromatic rings. The Hall–Kier alpha value is -1.85. The van der Waals surface area contributed by atoms with Gasteiger partial charge >= 0.3 is 0 Å². The molecular formula is C13H20N4O2. The Morgan fingerprint density at radius 1 is 1.42 bits per heavy atom. The van der Waals surface area contributed by atoms with Crippen molar-refractivity contribution < 1.29 is 9.53 Å². The van der Waals surface area contributed by atoms with Crippen LogP contribution in [0.15, 0.2) is 6.07 Å². The van der Waals surface area contributed by atoms with E-state index in [1.54, 1.807) is 6.07 Å². The predicted molar refractivity (Wildman–Crippen MR) is 72.2 cm³/mol. The zero-order chi connectivity index (χ0) is 13.7. The highest BCUT2D eigenvalue weighted by atomic mass is 16.5. The summed E-state index contributed by atoms with van der Waals surface area (Å²) in [6.45, 7) is 5.57. The summed E-state index contributed by atoms with van der Waals surface area (Å²) in [4.78, 5) is 19.9. The van der Waals surface area contributed by atoms with Crippen LogP contribution in [-0.2, 0) is 4.79 Å². The van der Waals surface area contributed by atoms with E-state index >= 15 is 0 Å². The fourth-order valence-electron chi connectivity index (χ4n) is 1.69. The first-order chi connectivity index (χ1) is 9.19. The summed E-state index contributed by atoms with van der Waals surface area (Å²) in [6, 6.07) is 1.80. The summed E-state index contributed by atoms with van der Waals surface area (Å²) >= 11 is 0. The molecule has 1 aliphatic rings. The molecule has 0 spiro atoms. The zero-order valence-corrected chi connectivity index (χ0v) is 11.4. The standard InChI is InChI=1S/C13H20N4O2/c1-3-19-11-8-9(2)16-13(17-11)15-7-6-14-12(18)10-4-5-10/h8,10H,3-7H2,1-2H3,(H,14,18)(H,15,16,17). The van der Waals surface area contributed by atoms with Crippen LogP contribution in [0.25, 0.3) is 0 Å². The maximum Gasteiger partial charge on any atom is 0.226 e. The van der Waals surface area contributed by atoms with Crippen LogP contribution in [0, 0.1) is 12.8 Å². The molecule has 2 N–H and O–H groups in total. The lowest BCUT2D eigenvalue weighted by Gasteiger charge is -2.09. The van der Waals surface area contributed by atoms with Crippen molar-refractivity contribution in [3.05, 3.63) is 11.8 Å². The number of amides is 1. The van der Waals surface area contributed by atoms with Gasteiger partial charge in [0.15, 0.2) is 0 Å². The normalized spacial score (nSPS) is 14.0. The van der Waals surface area contributed by atoms with Crippen molar-refractivity contribution in [3.63, 3.8) is 0 Å². The lowest BCUT2D eigenvalue weighted by Crippen LogP contribution is -2.30. The largest absolute Gasteiger partial charge is 0.478 e. The van der Waals surface area contributed by atoms with Gasteiger partial charge in [-0.05, 0) is 26.7 Å². The molecule has 0 unspecified atom stereocenters. The van der Waals surface area contributed by atoms with Crippen molar-refractivity contribution in [2.75, 3.05) is 25.0 Å². The fourth-order valence-corrected chi connectivity index (χ4v) is 1.69. The van der Waals surface area contributed by atoms with E-state index in [9.17, 15) is 4.79 Å². The zero-order valence-electron chi connectivity index (χ0n) is 11.4. The van der Waals surface area contributed by atoms with Crippen molar-refractivity contribution in [1.29, 1.82) is 0 Å². The number of aryl methyl sites for hydroxylation is 1. The number of carbonyl (C=O) groups is 1. The SMILES string of the molecule is CCOc1cc(C)nc(NCCNC(=O)C2CC2)n1. The Morgan fingerprint density at radius 3 is 2.89 bits per heavy atom. The highest BCUT2D eigenvalue weighted by Gasteiger charge is 2.28. The molecule has 0 aliphatic heterocycles. The molecule has 1 fully saturated rings. The summed E-state index contributed by atoms with van der Waals surface area (Å²) in [5.41, 5.74) is 0.850. The van der Waals surface area contributed by atoms with Crippen LogP contribution in [0.1, 0.15) is 25.5 Å². The van der Waals surface area contributed by atoms with Crippen LogP contribution in [0.3, 0.4) is 0 Å². The average molecular weight is 264 g/mol. The van der Waals surface area contributed by atoms with Crippen LogP contribution < -0.4 is 15.4 Å². The molecule has 6 nitrogen and oxygen atoms in total. The van der Waals surface area contributed by atoms with E-state index in [2.05, 4.69) is 20.6 Å². The van der Waals surface area contributed by atoms with Gasteiger partial charge in [0.1, 0.15) is 0 Å². The second-order valence-electron chi connectivity index (χ2n) is 4.60.